The molecule has 2 aromatic carbocycles. The molecule has 14 heavy (non-hydrogen) atoms. The van der Waals surface area contributed by atoms with Gasteiger partial charge in [0.15, 0.2) is 0 Å². The van der Waals surface area contributed by atoms with Gasteiger partial charge < -0.3 is 0 Å². The third kappa shape index (κ3) is 1.83. The van der Waals surface area contributed by atoms with Crippen LogP contribution in [0.25, 0.3) is 16.8 Å². The monoisotopic (exact) mass is 183 g/mol. The largest absolute Gasteiger partial charge is 0.232 e. The van der Waals surface area contributed by atoms with Crippen LogP contribution in [0.5, 0.6) is 0 Å². The van der Waals surface area contributed by atoms with Crippen LogP contribution in [0.15, 0.2) is 48.5 Å². The zero-order valence-corrected chi connectivity index (χ0v) is 7.81. The summed E-state index contributed by atoms with van der Waals surface area (Å²) in [5.74, 6) is 0. The topological polar surface area (TPSA) is 19.9 Å². The van der Waals surface area contributed by atoms with Crippen molar-refractivity contribution in [2.75, 3.05) is 6.61 Å². The van der Waals surface area contributed by atoms with E-state index in [1.54, 1.807) is 6.08 Å². The average Bonchev–Trinajstić information content (AvgIpc) is 2.26. The van der Waals surface area contributed by atoms with Gasteiger partial charge in [-0.15, -0.1) is 0 Å². The molecule has 1 heteroatoms. The molecule has 2 aromatic rings. The highest BCUT2D eigenvalue weighted by Crippen LogP contribution is 2.16. The summed E-state index contributed by atoms with van der Waals surface area (Å²) in [4.78, 5) is 0. The lowest BCUT2D eigenvalue weighted by Gasteiger charge is -1.98. The van der Waals surface area contributed by atoms with Gasteiger partial charge in [-0.1, -0.05) is 48.6 Å². The van der Waals surface area contributed by atoms with Gasteiger partial charge in [-0.05, 0) is 22.4 Å². The third-order valence-corrected chi connectivity index (χ3v) is 2.18. The maximum atomic E-state index is 10.3. The first-order chi connectivity index (χ1) is 6.90. The summed E-state index contributed by atoms with van der Waals surface area (Å²) in [7, 11) is 0. The molecule has 0 aliphatic carbocycles. The third-order valence-electron chi connectivity index (χ3n) is 2.18. The first-order valence-electron chi connectivity index (χ1n) is 4.63. The van der Waals surface area contributed by atoms with Crippen LogP contribution >= 0.6 is 0 Å². The van der Waals surface area contributed by atoms with Crippen LogP contribution in [0.3, 0.4) is 0 Å². The van der Waals surface area contributed by atoms with Crippen LogP contribution in [0.2, 0.25) is 0 Å². The molecule has 69 valence electrons. The van der Waals surface area contributed by atoms with E-state index in [4.69, 9.17) is 0 Å². The van der Waals surface area contributed by atoms with Gasteiger partial charge in [-0.25, -0.2) is 5.11 Å². The van der Waals surface area contributed by atoms with E-state index < -0.39 is 0 Å². The molecule has 0 atom stereocenters. The zero-order chi connectivity index (χ0) is 9.80. The first kappa shape index (κ1) is 8.97. The van der Waals surface area contributed by atoms with Crippen molar-refractivity contribution >= 4 is 16.8 Å². The van der Waals surface area contributed by atoms with Crippen molar-refractivity contribution in [3.05, 3.63) is 54.1 Å². The van der Waals surface area contributed by atoms with Crippen molar-refractivity contribution in [1.29, 1.82) is 0 Å². The van der Waals surface area contributed by atoms with Crippen molar-refractivity contribution in [3.8, 4) is 0 Å². The lowest BCUT2D eigenvalue weighted by Crippen LogP contribution is -1.75. The van der Waals surface area contributed by atoms with Crippen molar-refractivity contribution < 1.29 is 5.11 Å². The van der Waals surface area contributed by atoms with E-state index in [-0.39, 0.29) is 6.61 Å². The van der Waals surface area contributed by atoms with E-state index in [9.17, 15) is 5.11 Å². The molecule has 1 nitrogen and oxygen atoms in total. The van der Waals surface area contributed by atoms with Gasteiger partial charge in [0.25, 0.3) is 0 Å². The fourth-order valence-electron chi connectivity index (χ4n) is 1.50. The fourth-order valence-corrected chi connectivity index (χ4v) is 1.50. The van der Waals surface area contributed by atoms with Gasteiger partial charge in [-0.3, -0.25) is 0 Å². The quantitative estimate of drug-likeness (QED) is 0.681. The van der Waals surface area contributed by atoms with Crippen LogP contribution in [0, 0.1) is 0 Å². The van der Waals surface area contributed by atoms with Gasteiger partial charge in [0, 0.05) is 0 Å². The lowest BCUT2D eigenvalue weighted by atomic mass is 10.1. The Morgan fingerprint density at radius 1 is 1.00 bits per heavy atom. The Morgan fingerprint density at radius 3 is 2.57 bits per heavy atom. The fraction of sp³-hybridized carbons (Fsp3) is 0.0769. The molecular formula is C13H11O. The van der Waals surface area contributed by atoms with Crippen molar-refractivity contribution in [2.45, 2.75) is 0 Å². The Kier molecular flexibility index (Phi) is 2.61. The zero-order valence-electron chi connectivity index (χ0n) is 7.81. The predicted molar refractivity (Wildman–Crippen MR) is 58.5 cm³/mol. The normalized spacial score (nSPS) is 11.2. The summed E-state index contributed by atoms with van der Waals surface area (Å²) in [5.41, 5.74) is 1.08. The molecule has 0 saturated heterocycles. The smallest absolute Gasteiger partial charge is 0.101 e. The molecule has 0 saturated carbocycles. The maximum absolute atomic E-state index is 10.3. The van der Waals surface area contributed by atoms with Crippen LogP contribution in [-0.4, -0.2) is 6.61 Å². The standard InChI is InChI=1S/C13H11O/c14-9-3-4-11-7-8-12-5-1-2-6-13(12)10-11/h1-8,10H,9H2/b4-3+. The predicted octanol–water partition coefficient (Wildman–Crippen LogP) is 3.28. The highest BCUT2D eigenvalue weighted by atomic mass is 16.2. The summed E-state index contributed by atoms with van der Waals surface area (Å²) >= 11 is 0. The molecule has 1 radical (unpaired) electrons. The number of hydrogen-bond acceptors (Lipinski definition) is 0. The highest BCUT2D eigenvalue weighted by molar-refractivity contribution is 5.84. The Bertz CT molecular complexity index is 457. The molecule has 0 aliphatic rings. The Hall–Kier alpha value is -1.60. The molecule has 0 N–H and O–H groups in total. The van der Waals surface area contributed by atoms with Gasteiger partial charge in [0.05, 0.1) is 0 Å². The second-order valence-electron chi connectivity index (χ2n) is 3.18. The molecule has 0 aromatic heterocycles. The molecule has 0 spiro atoms. The van der Waals surface area contributed by atoms with E-state index in [2.05, 4.69) is 24.3 Å². The average molecular weight is 183 g/mol. The van der Waals surface area contributed by atoms with E-state index in [1.807, 2.05) is 24.3 Å². The van der Waals surface area contributed by atoms with Crippen LogP contribution in [-0.2, 0) is 5.11 Å². The van der Waals surface area contributed by atoms with E-state index in [0.29, 0.717) is 0 Å². The summed E-state index contributed by atoms with van der Waals surface area (Å²) in [5, 5.41) is 12.7. The van der Waals surface area contributed by atoms with E-state index >= 15 is 0 Å². The number of hydrogen-bond donors (Lipinski definition) is 0. The number of rotatable bonds is 2. The SMILES string of the molecule is [O]C/C=C/c1ccc2ccccc2c1. The molecule has 0 heterocycles. The number of benzene rings is 2. The van der Waals surface area contributed by atoms with Gasteiger partial charge >= 0.3 is 0 Å². The van der Waals surface area contributed by atoms with E-state index in [0.717, 1.165) is 5.56 Å². The molecule has 0 aliphatic heterocycles. The summed E-state index contributed by atoms with van der Waals surface area (Å²) in [6, 6.07) is 14.4. The molecule has 2 rings (SSSR count). The van der Waals surface area contributed by atoms with Gasteiger partial charge in [-0.2, -0.15) is 0 Å². The molecule has 0 fully saturated rings. The van der Waals surface area contributed by atoms with Crippen molar-refractivity contribution in [2.24, 2.45) is 0 Å². The summed E-state index contributed by atoms with van der Waals surface area (Å²) in [6.45, 7) is -0.160. The van der Waals surface area contributed by atoms with E-state index in [1.165, 1.54) is 10.8 Å². The minimum absolute atomic E-state index is 0.160. The molecule has 0 bridgehead atoms. The highest BCUT2D eigenvalue weighted by Gasteiger charge is 1.91. The Morgan fingerprint density at radius 2 is 1.79 bits per heavy atom. The summed E-state index contributed by atoms with van der Waals surface area (Å²) < 4.78 is 0. The van der Waals surface area contributed by atoms with Gasteiger partial charge in [0.2, 0.25) is 0 Å². The minimum Gasteiger partial charge on any atom is -0.232 e. The minimum atomic E-state index is -0.160. The van der Waals surface area contributed by atoms with Crippen LogP contribution in [0.1, 0.15) is 5.56 Å². The maximum Gasteiger partial charge on any atom is 0.101 e. The second kappa shape index (κ2) is 4.07. The summed E-state index contributed by atoms with van der Waals surface area (Å²) in [6.07, 6.45) is 3.49. The lowest BCUT2D eigenvalue weighted by molar-refractivity contribution is 0.233. The van der Waals surface area contributed by atoms with Crippen molar-refractivity contribution in [3.63, 3.8) is 0 Å². The van der Waals surface area contributed by atoms with Crippen LogP contribution in [0.4, 0.5) is 0 Å². The molecule has 0 unspecified atom stereocenters. The van der Waals surface area contributed by atoms with Crippen LogP contribution < -0.4 is 0 Å². The molecular weight excluding hydrogens is 172 g/mol. The Balaban J connectivity index is 2.46. The van der Waals surface area contributed by atoms with Gasteiger partial charge in [0.1, 0.15) is 6.61 Å². The first-order valence-corrected chi connectivity index (χ1v) is 4.63. The molecule has 0 amide bonds. The Labute approximate surface area is 83.3 Å². The van der Waals surface area contributed by atoms with Crippen molar-refractivity contribution in [1.82, 2.24) is 0 Å². The second-order valence-corrected chi connectivity index (χ2v) is 3.18. The number of fused-ring (bicyclic) bond motifs is 1.